The van der Waals surface area contributed by atoms with Crippen LogP contribution in [0.4, 0.5) is 5.69 Å². The maximum Gasteiger partial charge on any atom is 0.227 e. The minimum Gasteiger partial charge on any atom is -0.330 e. The fourth-order valence-electron chi connectivity index (χ4n) is 3.10. The van der Waals surface area contributed by atoms with Gasteiger partial charge in [-0.25, -0.2) is 4.98 Å². The van der Waals surface area contributed by atoms with Gasteiger partial charge in [-0.3, -0.25) is 4.79 Å². The maximum absolute atomic E-state index is 12.5. The molecule has 1 heterocycles. The molecule has 2 aromatic rings. The van der Waals surface area contributed by atoms with Crippen LogP contribution in [0, 0.1) is 11.8 Å². The number of amides is 1. The van der Waals surface area contributed by atoms with Gasteiger partial charge in [0.15, 0.2) is 0 Å². The molecule has 2 atom stereocenters. The topological polar surface area (TPSA) is 72.9 Å². The Morgan fingerprint density at radius 2 is 2.24 bits per heavy atom. The average molecular weight is 284 g/mol. The molecule has 2 unspecified atom stereocenters. The minimum absolute atomic E-state index is 0.0332. The summed E-state index contributed by atoms with van der Waals surface area (Å²) in [6.45, 7) is 0.585. The molecule has 1 fully saturated rings. The summed E-state index contributed by atoms with van der Waals surface area (Å²) in [5, 5.41) is 3.06. The van der Waals surface area contributed by atoms with Gasteiger partial charge in [-0.05, 0) is 37.4 Å². The van der Waals surface area contributed by atoms with Crippen LogP contribution in [0.25, 0.3) is 5.69 Å². The van der Waals surface area contributed by atoms with Crippen LogP contribution < -0.4 is 11.1 Å². The van der Waals surface area contributed by atoms with Crippen LogP contribution in [0.15, 0.2) is 43.0 Å². The van der Waals surface area contributed by atoms with Gasteiger partial charge in [0.25, 0.3) is 0 Å². The predicted molar refractivity (Wildman–Crippen MR) is 82.1 cm³/mol. The van der Waals surface area contributed by atoms with Crippen molar-refractivity contribution in [3.05, 3.63) is 43.0 Å². The zero-order chi connectivity index (χ0) is 14.7. The van der Waals surface area contributed by atoms with Crippen LogP contribution in [0.2, 0.25) is 0 Å². The Morgan fingerprint density at radius 1 is 1.38 bits per heavy atom. The molecule has 21 heavy (non-hydrogen) atoms. The molecule has 110 valence electrons. The van der Waals surface area contributed by atoms with Gasteiger partial charge in [-0.1, -0.05) is 18.6 Å². The van der Waals surface area contributed by atoms with Crippen LogP contribution in [0.1, 0.15) is 19.3 Å². The number of benzene rings is 1. The van der Waals surface area contributed by atoms with Gasteiger partial charge in [0.1, 0.15) is 0 Å². The Hall–Kier alpha value is -2.14. The molecule has 0 spiro atoms. The third-order valence-electron chi connectivity index (χ3n) is 4.24. The first-order chi connectivity index (χ1) is 10.3. The summed E-state index contributed by atoms with van der Waals surface area (Å²) in [5.74, 6) is 0.423. The van der Waals surface area contributed by atoms with Gasteiger partial charge in [-0.15, -0.1) is 0 Å². The second-order valence-electron chi connectivity index (χ2n) is 5.51. The van der Waals surface area contributed by atoms with Crippen molar-refractivity contribution in [2.75, 3.05) is 11.9 Å². The van der Waals surface area contributed by atoms with Gasteiger partial charge in [0, 0.05) is 18.3 Å². The Bertz CT molecular complexity index is 608. The lowest BCUT2D eigenvalue weighted by Crippen LogP contribution is -2.30. The van der Waals surface area contributed by atoms with E-state index in [0.29, 0.717) is 12.5 Å². The van der Waals surface area contributed by atoms with E-state index in [0.717, 1.165) is 30.6 Å². The highest BCUT2D eigenvalue weighted by molar-refractivity contribution is 5.94. The van der Waals surface area contributed by atoms with Crippen molar-refractivity contribution in [2.24, 2.45) is 17.6 Å². The molecular weight excluding hydrogens is 264 g/mol. The van der Waals surface area contributed by atoms with Crippen molar-refractivity contribution < 1.29 is 4.79 Å². The van der Waals surface area contributed by atoms with Gasteiger partial charge in [0.2, 0.25) is 5.91 Å². The third-order valence-corrected chi connectivity index (χ3v) is 4.24. The van der Waals surface area contributed by atoms with Crippen molar-refractivity contribution in [3.63, 3.8) is 0 Å². The number of rotatable bonds is 4. The Balaban J connectivity index is 1.81. The Kier molecular flexibility index (Phi) is 4.01. The van der Waals surface area contributed by atoms with E-state index >= 15 is 0 Å². The molecule has 1 amide bonds. The summed E-state index contributed by atoms with van der Waals surface area (Å²) < 4.78 is 1.89. The smallest absolute Gasteiger partial charge is 0.227 e. The predicted octanol–water partition coefficient (Wildman–Crippen LogP) is 2.19. The number of para-hydroxylation sites is 2. The molecule has 5 nitrogen and oxygen atoms in total. The van der Waals surface area contributed by atoms with E-state index in [2.05, 4.69) is 10.3 Å². The summed E-state index contributed by atoms with van der Waals surface area (Å²) in [5.41, 5.74) is 7.50. The number of nitrogens with zero attached hydrogens (tertiary/aromatic N) is 2. The normalized spacial score (nSPS) is 21.4. The van der Waals surface area contributed by atoms with Crippen molar-refractivity contribution >= 4 is 11.6 Å². The number of nitrogens with one attached hydrogen (secondary N) is 1. The Labute approximate surface area is 124 Å². The third kappa shape index (κ3) is 2.83. The number of anilines is 1. The highest BCUT2D eigenvalue weighted by Gasteiger charge is 2.32. The number of nitrogens with two attached hydrogens (primary N) is 1. The summed E-state index contributed by atoms with van der Waals surface area (Å²) in [6.07, 6.45) is 8.38. The molecule has 1 saturated carbocycles. The van der Waals surface area contributed by atoms with Gasteiger partial charge < -0.3 is 15.6 Å². The lowest BCUT2D eigenvalue weighted by Gasteiger charge is -2.19. The van der Waals surface area contributed by atoms with E-state index < -0.39 is 0 Å². The molecule has 1 aromatic heterocycles. The van der Waals surface area contributed by atoms with Crippen LogP contribution in [0.3, 0.4) is 0 Å². The highest BCUT2D eigenvalue weighted by atomic mass is 16.1. The number of carbonyl (C=O) groups is 1. The van der Waals surface area contributed by atoms with E-state index in [1.54, 1.807) is 12.5 Å². The van der Waals surface area contributed by atoms with Crippen molar-refractivity contribution in [1.82, 2.24) is 9.55 Å². The zero-order valence-electron chi connectivity index (χ0n) is 11.9. The van der Waals surface area contributed by atoms with Crippen molar-refractivity contribution in [3.8, 4) is 5.69 Å². The molecule has 1 aliphatic rings. The standard InChI is InChI=1S/C16H20N4O/c17-10-12-4-3-5-13(12)16(21)19-14-6-1-2-7-15(14)20-9-8-18-11-20/h1-2,6-9,11-13H,3-5,10,17H2,(H,19,21). The number of hydrogen-bond acceptors (Lipinski definition) is 3. The lowest BCUT2D eigenvalue weighted by atomic mass is 9.95. The number of carbonyl (C=O) groups excluding carboxylic acids is 1. The zero-order valence-corrected chi connectivity index (χ0v) is 11.9. The molecule has 1 aliphatic carbocycles. The first-order valence-corrected chi connectivity index (χ1v) is 7.38. The van der Waals surface area contributed by atoms with Crippen molar-refractivity contribution in [1.29, 1.82) is 0 Å². The maximum atomic E-state index is 12.5. The van der Waals surface area contributed by atoms with Crippen molar-refractivity contribution in [2.45, 2.75) is 19.3 Å². The average Bonchev–Trinajstić information content (AvgIpc) is 3.19. The molecule has 0 aliphatic heterocycles. The fraction of sp³-hybridized carbons (Fsp3) is 0.375. The molecule has 0 radical (unpaired) electrons. The second-order valence-corrected chi connectivity index (χ2v) is 5.51. The fourth-order valence-corrected chi connectivity index (χ4v) is 3.10. The molecule has 5 heteroatoms. The lowest BCUT2D eigenvalue weighted by molar-refractivity contribution is -0.120. The summed E-state index contributed by atoms with van der Waals surface area (Å²) in [6, 6.07) is 7.75. The number of aromatic nitrogens is 2. The summed E-state index contributed by atoms with van der Waals surface area (Å²) >= 11 is 0. The molecule has 0 saturated heterocycles. The quantitative estimate of drug-likeness (QED) is 0.904. The molecule has 0 bridgehead atoms. The molecule has 3 rings (SSSR count). The molecular formula is C16H20N4O. The monoisotopic (exact) mass is 284 g/mol. The van der Waals surface area contributed by atoms with E-state index in [9.17, 15) is 4.79 Å². The van der Waals surface area contributed by atoms with Gasteiger partial charge >= 0.3 is 0 Å². The van der Waals surface area contributed by atoms with Crippen LogP contribution >= 0.6 is 0 Å². The van der Waals surface area contributed by atoms with Crippen LogP contribution in [0.5, 0.6) is 0 Å². The van der Waals surface area contributed by atoms with E-state index in [4.69, 9.17) is 5.73 Å². The number of imidazole rings is 1. The summed E-state index contributed by atoms with van der Waals surface area (Å²) in [7, 11) is 0. The van der Waals surface area contributed by atoms with Gasteiger partial charge in [0.05, 0.1) is 17.7 Å². The van der Waals surface area contributed by atoms with Crippen LogP contribution in [-0.4, -0.2) is 22.0 Å². The number of hydrogen-bond donors (Lipinski definition) is 2. The molecule has 1 aromatic carbocycles. The van der Waals surface area contributed by atoms with Crippen LogP contribution in [-0.2, 0) is 4.79 Å². The minimum atomic E-state index is 0.0332. The van der Waals surface area contributed by atoms with E-state index in [-0.39, 0.29) is 11.8 Å². The van der Waals surface area contributed by atoms with E-state index in [1.165, 1.54) is 0 Å². The largest absolute Gasteiger partial charge is 0.330 e. The first kappa shape index (κ1) is 13.8. The highest BCUT2D eigenvalue weighted by Crippen LogP contribution is 2.32. The second kappa shape index (κ2) is 6.10. The first-order valence-electron chi connectivity index (χ1n) is 7.38. The Morgan fingerprint density at radius 3 is 3.00 bits per heavy atom. The SMILES string of the molecule is NCC1CCCC1C(=O)Nc1ccccc1-n1ccnc1. The van der Waals surface area contributed by atoms with E-state index in [1.807, 2.05) is 35.0 Å². The summed E-state index contributed by atoms with van der Waals surface area (Å²) in [4.78, 5) is 16.6. The van der Waals surface area contributed by atoms with Gasteiger partial charge in [-0.2, -0.15) is 0 Å². The molecule has 3 N–H and O–H groups in total.